The first-order valence-corrected chi connectivity index (χ1v) is 5.68. The molecule has 0 amide bonds. The Morgan fingerprint density at radius 2 is 1.65 bits per heavy atom. The molecule has 1 aromatic carbocycles. The minimum Gasteiger partial charge on any atom is -0.491 e. The predicted molar refractivity (Wildman–Crippen MR) is 66.0 cm³/mol. The van der Waals surface area contributed by atoms with Crippen molar-refractivity contribution in [2.75, 3.05) is 0 Å². The summed E-state index contributed by atoms with van der Waals surface area (Å²) in [6, 6.07) is 6.39. The van der Waals surface area contributed by atoms with Crippen molar-refractivity contribution >= 4 is 6.15 Å². The van der Waals surface area contributed by atoms with Crippen LogP contribution in [0.3, 0.4) is 0 Å². The van der Waals surface area contributed by atoms with Gasteiger partial charge >= 0.3 is 6.15 Å². The number of ether oxygens (including phenoxy) is 1. The van der Waals surface area contributed by atoms with Gasteiger partial charge in [-0.2, -0.15) is 9.59 Å². The van der Waals surface area contributed by atoms with Gasteiger partial charge in [0.05, 0.1) is 6.10 Å². The van der Waals surface area contributed by atoms with Crippen molar-refractivity contribution in [1.29, 1.82) is 0 Å². The monoisotopic (exact) mass is 236 g/mol. The van der Waals surface area contributed by atoms with E-state index >= 15 is 0 Å². The highest BCUT2D eigenvalue weighted by Crippen LogP contribution is 2.28. The van der Waals surface area contributed by atoms with Crippen molar-refractivity contribution in [3.8, 4) is 5.75 Å². The molecule has 3 nitrogen and oxygen atoms in total. The summed E-state index contributed by atoms with van der Waals surface area (Å²) in [6.45, 7) is 10.6. The quantitative estimate of drug-likeness (QED) is 0.808. The molecule has 0 aliphatic rings. The molecule has 1 aromatic rings. The highest BCUT2D eigenvalue weighted by Gasteiger charge is 2.08. The molecule has 0 aromatic heterocycles. The van der Waals surface area contributed by atoms with Gasteiger partial charge in [-0.05, 0) is 38.3 Å². The van der Waals surface area contributed by atoms with Gasteiger partial charge in [0.15, 0.2) is 0 Å². The van der Waals surface area contributed by atoms with Gasteiger partial charge in [0.2, 0.25) is 0 Å². The zero-order valence-corrected chi connectivity index (χ0v) is 11.1. The predicted octanol–water partition coefficient (Wildman–Crippen LogP) is 3.32. The van der Waals surface area contributed by atoms with Crippen LogP contribution in [0.2, 0.25) is 0 Å². The van der Waals surface area contributed by atoms with E-state index in [0.29, 0.717) is 5.92 Å². The minimum atomic E-state index is 0.246. The van der Waals surface area contributed by atoms with Crippen LogP contribution in [0, 0.1) is 6.92 Å². The number of benzene rings is 1. The molecule has 0 saturated carbocycles. The van der Waals surface area contributed by atoms with E-state index in [4.69, 9.17) is 14.3 Å². The maximum absolute atomic E-state index is 8.12. The Bertz CT molecular complexity index is 375. The molecule has 0 heterocycles. The molecule has 0 spiro atoms. The summed E-state index contributed by atoms with van der Waals surface area (Å²) in [5, 5.41) is 0. The fourth-order valence-corrected chi connectivity index (χ4v) is 1.48. The first-order chi connectivity index (χ1) is 7.92. The van der Waals surface area contributed by atoms with Gasteiger partial charge in [-0.15, -0.1) is 0 Å². The largest absolute Gasteiger partial charge is 0.491 e. The molecule has 17 heavy (non-hydrogen) atoms. The second-order valence-electron chi connectivity index (χ2n) is 4.45. The first kappa shape index (κ1) is 15.4. The molecule has 0 aliphatic heterocycles. The maximum atomic E-state index is 8.12. The zero-order chi connectivity index (χ0) is 13.4. The van der Waals surface area contributed by atoms with E-state index in [2.05, 4.69) is 52.8 Å². The standard InChI is InChI=1S/C13H20O.CO2/c1-9(2)12-8-11(5)6-7-13(12)14-10(3)4;2-1-3/h6-10H,1-5H3;. The Morgan fingerprint density at radius 1 is 1.12 bits per heavy atom. The molecular weight excluding hydrogens is 216 g/mol. The molecule has 0 unspecified atom stereocenters. The fourth-order valence-electron chi connectivity index (χ4n) is 1.48. The molecule has 0 radical (unpaired) electrons. The summed E-state index contributed by atoms with van der Waals surface area (Å²) in [5.41, 5.74) is 2.60. The van der Waals surface area contributed by atoms with Crippen LogP contribution in [-0.2, 0) is 9.59 Å². The lowest BCUT2D eigenvalue weighted by atomic mass is 10.00. The van der Waals surface area contributed by atoms with Gasteiger partial charge in [0.1, 0.15) is 5.75 Å². The molecule has 0 saturated heterocycles. The van der Waals surface area contributed by atoms with E-state index < -0.39 is 0 Å². The second-order valence-corrected chi connectivity index (χ2v) is 4.45. The number of carbonyl (C=O) groups excluding carboxylic acids is 2. The number of hydrogen-bond donors (Lipinski definition) is 0. The number of aryl methyl sites for hydroxylation is 1. The first-order valence-electron chi connectivity index (χ1n) is 5.68. The molecule has 3 heteroatoms. The average molecular weight is 236 g/mol. The maximum Gasteiger partial charge on any atom is 0.373 e. The third-order valence-electron chi connectivity index (χ3n) is 2.15. The van der Waals surface area contributed by atoms with E-state index in [1.165, 1.54) is 11.1 Å². The fraction of sp³-hybridized carbons (Fsp3) is 0.500. The summed E-state index contributed by atoms with van der Waals surface area (Å²) >= 11 is 0. The summed E-state index contributed by atoms with van der Waals surface area (Å²) in [6.07, 6.45) is 0.496. The summed E-state index contributed by atoms with van der Waals surface area (Å²) in [5.74, 6) is 1.55. The Hall–Kier alpha value is -1.60. The van der Waals surface area contributed by atoms with Gasteiger partial charge in [-0.25, -0.2) is 0 Å². The van der Waals surface area contributed by atoms with Crippen molar-refractivity contribution in [2.45, 2.75) is 46.6 Å². The lowest BCUT2D eigenvalue weighted by Crippen LogP contribution is -2.08. The highest BCUT2D eigenvalue weighted by atomic mass is 16.5. The number of hydrogen-bond acceptors (Lipinski definition) is 3. The van der Waals surface area contributed by atoms with Gasteiger partial charge < -0.3 is 4.74 Å². The van der Waals surface area contributed by atoms with Crippen molar-refractivity contribution in [2.24, 2.45) is 0 Å². The lowest BCUT2D eigenvalue weighted by Gasteiger charge is -2.16. The van der Waals surface area contributed by atoms with Gasteiger partial charge in [-0.1, -0.05) is 31.5 Å². The van der Waals surface area contributed by atoms with E-state index in [-0.39, 0.29) is 12.3 Å². The van der Waals surface area contributed by atoms with Crippen molar-refractivity contribution in [3.63, 3.8) is 0 Å². The Morgan fingerprint density at radius 3 is 2.06 bits per heavy atom. The van der Waals surface area contributed by atoms with E-state index in [9.17, 15) is 0 Å². The molecule has 0 atom stereocenters. The molecule has 1 rings (SSSR count). The molecular formula is C14H20O3. The van der Waals surface area contributed by atoms with Crippen LogP contribution in [0.5, 0.6) is 5.75 Å². The summed E-state index contributed by atoms with van der Waals surface area (Å²) in [4.78, 5) is 16.2. The summed E-state index contributed by atoms with van der Waals surface area (Å²) < 4.78 is 5.76. The molecule has 0 bridgehead atoms. The smallest absolute Gasteiger partial charge is 0.373 e. The van der Waals surface area contributed by atoms with Crippen LogP contribution >= 0.6 is 0 Å². The van der Waals surface area contributed by atoms with Crippen LogP contribution in [0.1, 0.15) is 44.7 Å². The minimum absolute atomic E-state index is 0.246. The molecule has 0 fully saturated rings. The summed E-state index contributed by atoms with van der Waals surface area (Å²) in [7, 11) is 0. The zero-order valence-electron chi connectivity index (χ0n) is 11.1. The molecule has 0 aliphatic carbocycles. The normalized spacial score (nSPS) is 9.59. The van der Waals surface area contributed by atoms with E-state index in [1.807, 2.05) is 0 Å². The van der Waals surface area contributed by atoms with Gasteiger partial charge in [0.25, 0.3) is 0 Å². The third kappa shape index (κ3) is 5.88. The van der Waals surface area contributed by atoms with Gasteiger partial charge in [0, 0.05) is 0 Å². The van der Waals surface area contributed by atoms with E-state index in [0.717, 1.165) is 5.75 Å². The number of rotatable bonds is 3. The Kier molecular flexibility index (Phi) is 6.92. The Labute approximate surface area is 103 Å². The average Bonchev–Trinajstić information content (AvgIpc) is 2.21. The van der Waals surface area contributed by atoms with Crippen LogP contribution in [0.15, 0.2) is 18.2 Å². The SMILES string of the molecule is Cc1ccc(OC(C)C)c(C(C)C)c1.O=C=O. The lowest BCUT2D eigenvalue weighted by molar-refractivity contribution is -0.191. The van der Waals surface area contributed by atoms with Crippen LogP contribution in [0.25, 0.3) is 0 Å². The van der Waals surface area contributed by atoms with Crippen molar-refractivity contribution in [3.05, 3.63) is 29.3 Å². The molecule has 0 N–H and O–H groups in total. The van der Waals surface area contributed by atoms with Crippen molar-refractivity contribution < 1.29 is 14.3 Å². The topological polar surface area (TPSA) is 43.4 Å². The van der Waals surface area contributed by atoms with Crippen molar-refractivity contribution in [1.82, 2.24) is 0 Å². The van der Waals surface area contributed by atoms with E-state index in [1.54, 1.807) is 0 Å². The van der Waals surface area contributed by atoms with Crippen LogP contribution in [0.4, 0.5) is 0 Å². The van der Waals surface area contributed by atoms with Crippen LogP contribution < -0.4 is 4.74 Å². The van der Waals surface area contributed by atoms with Gasteiger partial charge in [-0.3, -0.25) is 0 Å². The Balaban J connectivity index is 0.000000770. The third-order valence-corrected chi connectivity index (χ3v) is 2.15. The highest BCUT2D eigenvalue weighted by molar-refractivity contribution is 5.39. The van der Waals surface area contributed by atoms with Crippen LogP contribution in [-0.4, -0.2) is 12.3 Å². The second kappa shape index (κ2) is 7.64. The molecule has 94 valence electrons.